The minimum absolute atomic E-state index is 0.431. The molecule has 3 aromatic carbocycles. The summed E-state index contributed by atoms with van der Waals surface area (Å²) in [6, 6.07) is 21.9. The third-order valence-corrected chi connectivity index (χ3v) is 5.39. The molecule has 0 saturated carbocycles. The number of ether oxygens (including phenoxy) is 4. The van der Waals surface area contributed by atoms with E-state index >= 15 is 0 Å². The van der Waals surface area contributed by atoms with E-state index in [4.69, 9.17) is 18.9 Å². The number of esters is 1. The highest BCUT2D eigenvalue weighted by Gasteiger charge is 2.10. The van der Waals surface area contributed by atoms with Gasteiger partial charge in [0.25, 0.3) is 0 Å². The number of benzene rings is 3. The van der Waals surface area contributed by atoms with Crippen molar-refractivity contribution < 1.29 is 28.8 Å². The number of aliphatic hydroxyl groups is 1. The van der Waals surface area contributed by atoms with Crippen LogP contribution in [0.15, 0.2) is 72.8 Å². The molecule has 0 aliphatic heterocycles. The third kappa shape index (κ3) is 8.83. The Bertz CT molecular complexity index is 1010. The zero-order valence-electron chi connectivity index (χ0n) is 20.4. The van der Waals surface area contributed by atoms with Crippen molar-refractivity contribution in [3.63, 3.8) is 0 Å². The Morgan fingerprint density at radius 3 is 1.89 bits per heavy atom. The smallest absolute Gasteiger partial charge is 0.343 e. The van der Waals surface area contributed by atoms with Gasteiger partial charge in [-0.1, -0.05) is 49.7 Å². The maximum absolute atomic E-state index is 12.4. The van der Waals surface area contributed by atoms with Crippen LogP contribution in [0, 0.1) is 0 Å². The molecule has 0 aromatic heterocycles. The number of carbonyl (C=O) groups excluding carboxylic acids is 1. The molecule has 0 heterocycles. The fraction of sp³-hybridized carbons (Fsp3) is 0.345. The van der Waals surface area contributed by atoms with E-state index in [-0.39, 0.29) is 0 Å². The van der Waals surface area contributed by atoms with E-state index in [1.54, 1.807) is 43.3 Å². The summed E-state index contributed by atoms with van der Waals surface area (Å²) in [4.78, 5) is 12.4. The van der Waals surface area contributed by atoms with Crippen molar-refractivity contribution in [2.24, 2.45) is 0 Å². The summed E-state index contributed by atoms with van der Waals surface area (Å²) in [6.07, 6.45) is 1.65. The molecule has 186 valence electrons. The first kappa shape index (κ1) is 26.4. The van der Waals surface area contributed by atoms with Crippen LogP contribution < -0.4 is 9.47 Å². The molecule has 0 spiro atoms. The molecule has 0 saturated heterocycles. The topological polar surface area (TPSA) is 74.2 Å². The van der Waals surface area contributed by atoms with E-state index in [2.05, 4.69) is 6.92 Å². The summed E-state index contributed by atoms with van der Waals surface area (Å²) in [7, 11) is 0. The molecule has 0 bridgehead atoms. The van der Waals surface area contributed by atoms with Gasteiger partial charge >= 0.3 is 5.97 Å². The van der Waals surface area contributed by atoms with Crippen molar-refractivity contribution in [1.29, 1.82) is 0 Å². The van der Waals surface area contributed by atoms with E-state index in [0.717, 1.165) is 41.9 Å². The molecule has 6 nitrogen and oxygen atoms in total. The first-order chi connectivity index (χ1) is 17.1. The van der Waals surface area contributed by atoms with E-state index in [1.807, 2.05) is 36.4 Å². The van der Waals surface area contributed by atoms with Gasteiger partial charge in [0, 0.05) is 6.61 Å². The van der Waals surface area contributed by atoms with Gasteiger partial charge in [0.05, 0.1) is 31.5 Å². The Morgan fingerprint density at radius 1 is 0.743 bits per heavy atom. The minimum atomic E-state index is -0.563. The van der Waals surface area contributed by atoms with E-state index in [9.17, 15) is 9.90 Å². The van der Waals surface area contributed by atoms with Gasteiger partial charge < -0.3 is 24.1 Å². The van der Waals surface area contributed by atoms with Gasteiger partial charge in [-0.2, -0.15) is 0 Å². The number of rotatable bonds is 14. The normalized spacial score (nSPS) is 11.7. The first-order valence-corrected chi connectivity index (χ1v) is 12.1. The highest BCUT2D eigenvalue weighted by molar-refractivity contribution is 5.91. The molecule has 0 aliphatic rings. The lowest BCUT2D eigenvalue weighted by atomic mass is 10.0. The van der Waals surface area contributed by atoms with Crippen LogP contribution in [0.4, 0.5) is 0 Å². The third-order valence-electron chi connectivity index (χ3n) is 5.39. The van der Waals surface area contributed by atoms with Gasteiger partial charge in [0.15, 0.2) is 0 Å². The van der Waals surface area contributed by atoms with Crippen LogP contribution in [-0.2, 0) is 9.47 Å². The van der Waals surface area contributed by atoms with Crippen molar-refractivity contribution in [1.82, 2.24) is 0 Å². The Morgan fingerprint density at radius 2 is 1.29 bits per heavy atom. The second-order valence-corrected chi connectivity index (χ2v) is 8.16. The molecular formula is C29H34O6. The highest BCUT2D eigenvalue weighted by atomic mass is 16.5. The number of hydrogen-bond acceptors (Lipinski definition) is 6. The molecule has 0 aliphatic carbocycles. The molecule has 0 radical (unpaired) electrons. The van der Waals surface area contributed by atoms with Crippen LogP contribution in [0.2, 0.25) is 0 Å². The lowest BCUT2D eigenvalue weighted by molar-refractivity contribution is 0.0356. The summed E-state index contributed by atoms with van der Waals surface area (Å²) >= 11 is 0. The maximum atomic E-state index is 12.4. The standard InChI is InChI=1S/C29H34O6/c1-3-4-17-32-18-19-33-20-21-34-27-13-11-25(12-14-27)24-5-7-26(8-6-24)29(31)35-28-15-9-23(10-16-28)22(2)30/h5-16,22,30H,3-4,17-21H2,1-2H3/t22-/m1/s1. The Hall–Kier alpha value is -3.19. The van der Waals surface area contributed by atoms with Gasteiger partial charge in [-0.15, -0.1) is 0 Å². The maximum Gasteiger partial charge on any atom is 0.343 e. The van der Waals surface area contributed by atoms with Crippen molar-refractivity contribution in [2.75, 3.05) is 33.0 Å². The van der Waals surface area contributed by atoms with E-state index in [0.29, 0.717) is 37.7 Å². The quantitative estimate of drug-likeness (QED) is 0.178. The SMILES string of the molecule is CCCCOCCOCCOc1ccc(-c2ccc(C(=O)Oc3ccc([C@@H](C)O)cc3)cc2)cc1. The summed E-state index contributed by atoms with van der Waals surface area (Å²) in [5.74, 6) is 0.781. The van der Waals surface area contributed by atoms with Crippen molar-refractivity contribution in [2.45, 2.75) is 32.8 Å². The van der Waals surface area contributed by atoms with Crippen LogP contribution in [0.5, 0.6) is 11.5 Å². The summed E-state index contributed by atoms with van der Waals surface area (Å²) in [5.41, 5.74) is 3.23. The predicted octanol–water partition coefficient (Wildman–Crippen LogP) is 5.84. The molecule has 0 unspecified atom stereocenters. The molecule has 0 amide bonds. The monoisotopic (exact) mass is 478 g/mol. The van der Waals surface area contributed by atoms with Crippen LogP contribution in [0.25, 0.3) is 11.1 Å². The first-order valence-electron chi connectivity index (χ1n) is 12.1. The summed E-state index contributed by atoms with van der Waals surface area (Å²) < 4.78 is 22.1. The number of carbonyl (C=O) groups is 1. The number of hydrogen-bond donors (Lipinski definition) is 1. The molecule has 35 heavy (non-hydrogen) atoms. The molecule has 3 rings (SSSR count). The number of aliphatic hydroxyl groups excluding tert-OH is 1. The van der Waals surface area contributed by atoms with E-state index < -0.39 is 12.1 Å². The zero-order valence-corrected chi connectivity index (χ0v) is 20.4. The average Bonchev–Trinajstić information content (AvgIpc) is 2.88. The van der Waals surface area contributed by atoms with Crippen LogP contribution >= 0.6 is 0 Å². The predicted molar refractivity (Wildman–Crippen MR) is 136 cm³/mol. The second-order valence-electron chi connectivity index (χ2n) is 8.16. The van der Waals surface area contributed by atoms with Gasteiger partial charge in [-0.05, 0) is 66.4 Å². The molecule has 1 N–H and O–H groups in total. The molecule has 6 heteroatoms. The van der Waals surface area contributed by atoms with Crippen molar-refractivity contribution in [3.05, 3.63) is 83.9 Å². The van der Waals surface area contributed by atoms with Gasteiger partial charge in [-0.3, -0.25) is 0 Å². The number of unbranched alkanes of at least 4 members (excludes halogenated alkanes) is 1. The average molecular weight is 479 g/mol. The second kappa shape index (κ2) is 14.3. The highest BCUT2D eigenvalue weighted by Crippen LogP contribution is 2.24. The fourth-order valence-corrected chi connectivity index (χ4v) is 3.31. The van der Waals surface area contributed by atoms with E-state index in [1.165, 1.54) is 0 Å². The zero-order chi connectivity index (χ0) is 24.9. The Kier molecular flexibility index (Phi) is 10.8. The van der Waals surface area contributed by atoms with Crippen LogP contribution in [0.3, 0.4) is 0 Å². The van der Waals surface area contributed by atoms with Crippen molar-refractivity contribution in [3.8, 4) is 22.6 Å². The molecule has 3 aromatic rings. The minimum Gasteiger partial charge on any atom is -0.491 e. The van der Waals surface area contributed by atoms with Gasteiger partial charge in [0.1, 0.15) is 18.1 Å². The lowest BCUT2D eigenvalue weighted by Gasteiger charge is -2.09. The Labute approximate surface area is 207 Å². The Balaban J connectivity index is 1.43. The lowest BCUT2D eigenvalue weighted by Crippen LogP contribution is -2.11. The molecule has 1 atom stereocenters. The largest absolute Gasteiger partial charge is 0.491 e. The van der Waals surface area contributed by atoms with Gasteiger partial charge in [-0.25, -0.2) is 4.79 Å². The van der Waals surface area contributed by atoms with Crippen LogP contribution in [-0.4, -0.2) is 44.1 Å². The fourth-order valence-electron chi connectivity index (χ4n) is 3.31. The summed E-state index contributed by atoms with van der Waals surface area (Å²) in [6.45, 7) is 6.80. The van der Waals surface area contributed by atoms with Crippen molar-refractivity contribution >= 4 is 5.97 Å². The summed E-state index contributed by atoms with van der Waals surface area (Å²) in [5, 5.41) is 9.58. The molecular weight excluding hydrogens is 444 g/mol. The van der Waals surface area contributed by atoms with Gasteiger partial charge in [0.2, 0.25) is 0 Å². The molecule has 0 fully saturated rings. The van der Waals surface area contributed by atoms with Crippen LogP contribution in [0.1, 0.15) is 48.7 Å².